The molecule has 4 aromatic heterocycles. The lowest BCUT2D eigenvalue weighted by molar-refractivity contribution is -0.138. The van der Waals surface area contributed by atoms with Gasteiger partial charge in [-0.1, -0.05) is 128 Å². The van der Waals surface area contributed by atoms with Gasteiger partial charge >= 0.3 is 12.4 Å². The van der Waals surface area contributed by atoms with Crippen molar-refractivity contribution < 1.29 is 74.2 Å². The molecule has 6 aromatic carbocycles. The Morgan fingerprint density at radius 3 is 0.857 bits per heavy atom. The zero-order valence-corrected chi connectivity index (χ0v) is 87.9. The van der Waals surface area contributed by atoms with Crippen molar-refractivity contribution in [2.45, 2.75) is 129 Å². The molecule has 4 saturated heterocycles. The predicted molar refractivity (Wildman–Crippen MR) is 561 cm³/mol. The van der Waals surface area contributed by atoms with E-state index in [-0.39, 0.29) is 144 Å². The third-order valence-electron chi connectivity index (χ3n) is 23.1. The highest BCUT2D eigenvalue weighted by atomic mass is 35.5. The van der Waals surface area contributed by atoms with Crippen molar-refractivity contribution in [3.8, 4) is 23.0 Å². The van der Waals surface area contributed by atoms with Gasteiger partial charge in [0.2, 0.25) is 23.6 Å². The summed E-state index contributed by atoms with van der Waals surface area (Å²) in [6, 6.07) is 53.6. The zero-order valence-electron chi connectivity index (χ0n) is 78.3. The predicted octanol–water partition coefficient (Wildman–Crippen LogP) is 22.2. The third kappa shape index (κ3) is 32.6. The van der Waals surface area contributed by atoms with Crippen LogP contribution in [0.4, 0.5) is 49.1 Å². The number of alkyl halides is 10. The molecule has 4 fully saturated rings. The van der Waals surface area contributed by atoms with Gasteiger partial charge in [0.1, 0.15) is 70.7 Å². The Balaban J connectivity index is 0.000000252. The van der Waals surface area contributed by atoms with E-state index in [0.29, 0.717) is 110 Å². The molecule has 140 heavy (non-hydrogen) atoms. The molecular formula is C100H118Cl8F6N12O10S4. The average molecular weight is 2170 g/mol. The monoisotopic (exact) mass is 2170 g/mol. The van der Waals surface area contributed by atoms with Crippen molar-refractivity contribution >= 4 is 211 Å². The molecule has 8 amide bonds. The maximum Gasteiger partial charge on any atom is 0.416 e. The first-order valence-electron chi connectivity index (χ1n) is 44.9. The van der Waals surface area contributed by atoms with E-state index in [0.717, 1.165) is 81.2 Å². The quantitative estimate of drug-likeness (QED) is 0.0243. The van der Waals surface area contributed by atoms with Crippen LogP contribution in [-0.2, 0) is 50.7 Å². The number of thiophene rings is 4. The van der Waals surface area contributed by atoms with Gasteiger partial charge in [-0.3, -0.25) is 58.0 Å². The number of halogens is 14. The number of carbonyl (C=O) groups is 8. The fourth-order valence-electron chi connectivity index (χ4n) is 16.5. The minimum absolute atomic E-state index is 0. The summed E-state index contributed by atoms with van der Waals surface area (Å²) in [5.41, 5.74) is -0.646. The second-order valence-electron chi connectivity index (χ2n) is 34.5. The van der Waals surface area contributed by atoms with Crippen LogP contribution in [0.1, 0.15) is 123 Å². The fraction of sp³-hybridized carbons (Fsp3) is 0.400. The highest BCUT2D eigenvalue weighted by Crippen LogP contribution is 2.43. The summed E-state index contributed by atoms with van der Waals surface area (Å²) < 4.78 is 91.9. The molecule has 0 saturated carbocycles. The van der Waals surface area contributed by atoms with Gasteiger partial charge in [0, 0.05) is 145 Å². The standard InChI is InChI=1S/2C28H32ClN3O3S.2C22H25ClF3N3O2S.4ClH/c2*1-20(2)17-21-19-31(15-14-30-21)28(34)27(25-9-6-16-36-25)32(26(33)18-29)22-10-12-24(13-11-22)35-23-7-4-3-5-8-23;2*1-14(2)17-13-28(9-8-27-17)21(31)20(18-7-4-10-32-18)29(19(30)12-23)16-6-3-5-15(11-16)22(24,25)26;;;;/h2*3-13,16,20-21,27,30H,14-15,17-19H2,1-2H3;2*3-7,10-11,14,17,20,27H,8-9,12-13H2,1-2H3;4*1H/t21-,27+;21-,27-;17-,20+;17-,20-;;;;/m0011..../s1. The lowest BCUT2D eigenvalue weighted by Gasteiger charge is -2.39. The number of benzene rings is 6. The van der Waals surface area contributed by atoms with Gasteiger partial charge in [0.15, 0.2) is 0 Å². The van der Waals surface area contributed by atoms with Crippen LogP contribution in [0.25, 0.3) is 0 Å². The first kappa shape index (κ1) is 118. The van der Waals surface area contributed by atoms with E-state index in [1.54, 1.807) is 93.4 Å². The fourth-order valence-corrected chi connectivity index (χ4v) is 20.3. The second kappa shape index (κ2) is 57.1. The lowest BCUT2D eigenvalue weighted by Crippen LogP contribution is -2.57. The zero-order chi connectivity index (χ0) is 97.9. The molecule has 4 aliphatic rings. The summed E-state index contributed by atoms with van der Waals surface area (Å²) in [5, 5.41) is 21.2. The molecule has 4 aliphatic heterocycles. The molecule has 22 nitrogen and oxygen atoms in total. The van der Waals surface area contributed by atoms with Crippen molar-refractivity contribution in [2.24, 2.45) is 23.7 Å². The number of amides is 8. The molecule has 0 spiro atoms. The maximum absolute atomic E-state index is 14.0. The van der Waals surface area contributed by atoms with Crippen LogP contribution < -0.4 is 50.3 Å². The summed E-state index contributed by atoms with van der Waals surface area (Å²) >= 11 is 29.3. The molecule has 4 N–H and O–H groups in total. The van der Waals surface area contributed by atoms with E-state index in [1.807, 2.05) is 133 Å². The smallest absolute Gasteiger partial charge is 0.416 e. The highest BCUT2D eigenvalue weighted by molar-refractivity contribution is 7.11. The van der Waals surface area contributed by atoms with Crippen LogP contribution in [0, 0.1) is 23.7 Å². The van der Waals surface area contributed by atoms with Crippen molar-refractivity contribution in [3.05, 3.63) is 258 Å². The van der Waals surface area contributed by atoms with Gasteiger partial charge in [0.05, 0.1) is 11.1 Å². The Morgan fingerprint density at radius 1 is 0.343 bits per heavy atom. The minimum atomic E-state index is -4.59. The highest BCUT2D eigenvalue weighted by Gasteiger charge is 2.45. The molecule has 10 aromatic rings. The Bertz CT molecular complexity index is 5140. The number of piperazine rings is 4. The van der Waals surface area contributed by atoms with E-state index < -0.39 is 71.2 Å². The molecule has 14 rings (SSSR count). The molecule has 40 heteroatoms. The first-order chi connectivity index (χ1) is 65.2. The lowest BCUT2D eigenvalue weighted by atomic mass is 10.0. The third-order valence-corrected chi connectivity index (χ3v) is 27.7. The van der Waals surface area contributed by atoms with E-state index in [1.165, 1.54) is 79.4 Å². The molecule has 0 unspecified atom stereocenters. The van der Waals surface area contributed by atoms with Crippen LogP contribution in [0.3, 0.4) is 0 Å². The molecular weight excluding hydrogens is 2060 g/mol. The summed E-state index contributed by atoms with van der Waals surface area (Å²) in [4.78, 5) is 123. The van der Waals surface area contributed by atoms with Crippen molar-refractivity contribution in [1.82, 2.24) is 40.9 Å². The van der Waals surface area contributed by atoms with Gasteiger partial charge < -0.3 is 50.3 Å². The van der Waals surface area contributed by atoms with Crippen molar-refractivity contribution in [1.29, 1.82) is 0 Å². The van der Waals surface area contributed by atoms with Gasteiger partial charge in [-0.2, -0.15) is 26.3 Å². The van der Waals surface area contributed by atoms with Crippen molar-refractivity contribution in [2.75, 3.05) is 122 Å². The number of nitrogens with zero attached hydrogens (tertiary/aromatic N) is 8. The Labute approximate surface area is 875 Å². The maximum atomic E-state index is 14.0. The molecule has 8 atom stereocenters. The number of anilines is 4. The largest absolute Gasteiger partial charge is 0.457 e. The number of ether oxygens (including phenoxy) is 2. The molecule has 0 bridgehead atoms. The van der Waals surface area contributed by atoms with Crippen LogP contribution in [0.5, 0.6) is 23.0 Å². The van der Waals surface area contributed by atoms with Gasteiger partial charge in [-0.15, -0.1) is 141 Å². The van der Waals surface area contributed by atoms with E-state index >= 15 is 0 Å². The number of hydrogen-bond donors (Lipinski definition) is 4. The van der Waals surface area contributed by atoms with Gasteiger partial charge in [-0.25, -0.2) is 0 Å². The van der Waals surface area contributed by atoms with Gasteiger partial charge in [-0.05, 0) is 191 Å². The molecule has 0 aliphatic carbocycles. The minimum Gasteiger partial charge on any atom is -0.457 e. The Hall–Kier alpha value is -8.78. The SMILES string of the molecule is CC(C)C[C@H]1CN(C(=O)[C@@H](c2cccs2)N(C(=O)CCl)c2ccc(Oc3ccccc3)cc2)CCN1.CC(C)C[C@H]1CN(C(=O)[C@H](c2cccs2)N(C(=O)CCl)c2ccc(Oc3ccccc3)cc2)CCN1.CC(C)[C@H]1CN(C(=O)[C@@H](c2cccs2)N(C(=O)CCl)c2cccc(C(F)(F)F)c2)CCN1.CC(C)[C@H]1CN(C(=O)[C@H](c2cccs2)N(C(=O)CCl)c2cccc(C(F)(F)F)c2)CCN1.Cl.Cl.Cl.Cl. The van der Waals surface area contributed by atoms with Crippen LogP contribution in [-0.4, -0.2) is 193 Å². The topological polar surface area (TPSA) is 229 Å². The van der Waals surface area contributed by atoms with E-state index in [2.05, 4.69) is 49.0 Å². The second-order valence-corrected chi connectivity index (χ2v) is 39.5. The summed E-state index contributed by atoms with van der Waals surface area (Å²) in [5.74, 6) is 0.162. The van der Waals surface area contributed by atoms with Crippen LogP contribution >= 0.6 is 141 Å². The number of rotatable bonds is 30. The van der Waals surface area contributed by atoms with Crippen molar-refractivity contribution in [3.63, 3.8) is 0 Å². The van der Waals surface area contributed by atoms with E-state index in [9.17, 15) is 64.7 Å². The Morgan fingerprint density at radius 2 is 0.607 bits per heavy atom. The van der Waals surface area contributed by atoms with Crippen LogP contribution in [0.2, 0.25) is 0 Å². The van der Waals surface area contributed by atoms with Crippen LogP contribution in [0.15, 0.2) is 228 Å². The summed E-state index contributed by atoms with van der Waals surface area (Å²) in [7, 11) is 0. The van der Waals surface area contributed by atoms with Gasteiger partial charge in [0.25, 0.3) is 23.6 Å². The average Bonchev–Trinajstić information content (AvgIpc) is 1.17. The normalized spacial score (nSPS) is 16.7. The summed E-state index contributed by atoms with van der Waals surface area (Å²) in [6.07, 6.45) is -7.20. The molecule has 0 radical (unpaired) electrons. The molecule has 8 heterocycles. The molecule has 760 valence electrons. The Kier molecular flexibility index (Phi) is 48.2. The number of hydrogen-bond acceptors (Lipinski definition) is 18. The number of carbonyl (C=O) groups excluding carboxylic acids is 8. The number of para-hydroxylation sites is 2. The van der Waals surface area contributed by atoms with E-state index in [4.69, 9.17) is 55.9 Å². The summed E-state index contributed by atoms with van der Waals surface area (Å²) in [6.45, 7) is 23.8. The number of nitrogens with one attached hydrogen (secondary N) is 4. The first-order valence-corrected chi connectivity index (χ1v) is 50.6.